The van der Waals surface area contributed by atoms with E-state index in [0.29, 0.717) is 18.0 Å². The molecule has 0 atom stereocenters. The summed E-state index contributed by atoms with van der Waals surface area (Å²) in [6.45, 7) is 7.42. The van der Waals surface area contributed by atoms with Crippen LogP contribution in [0, 0.1) is 5.92 Å². The van der Waals surface area contributed by atoms with E-state index in [1.165, 1.54) is 25.3 Å². The van der Waals surface area contributed by atoms with E-state index in [2.05, 4.69) is 11.9 Å². The highest BCUT2D eigenvalue weighted by molar-refractivity contribution is 7.92. The van der Waals surface area contributed by atoms with Crippen molar-refractivity contribution < 1.29 is 27.5 Å². The van der Waals surface area contributed by atoms with Gasteiger partial charge in [-0.1, -0.05) is 31.5 Å². The summed E-state index contributed by atoms with van der Waals surface area (Å²) in [6, 6.07) is 10.2. The molecule has 10 heteroatoms. The van der Waals surface area contributed by atoms with Crippen LogP contribution in [0.5, 0.6) is 5.75 Å². The van der Waals surface area contributed by atoms with Crippen molar-refractivity contribution in [2.45, 2.75) is 18.7 Å². The number of ether oxygens (including phenoxy) is 2. The van der Waals surface area contributed by atoms with E-state index in [1.54, 1.807) is 24.3 Å². The molecule has 0 saturated carbocycles. The number of esters is 1. The van der Waals surface area contributed by atoms with Gasteiger partial charge in [0.05, 0.1) is 34.8 Å². The van der Waals surface area contributed by atoms with Crippen molar-refractivity contribution in [3.05, 3.63) is 65.7 Å². The Morgan fingerprint density at radius 1 is 1.18 bits per heavy atom. The van der Waals surface area contributed by atoms with E-state index >= 15 is 0 Å². The molecule has 0 aromatic heterocycles. The number of hydrogen-bond acceptors (Lipinski definition) is 6. The van der Waals surface area contributed by atoms with Gasteiger partial charge in [-0.15, -0.1) is 6.58 Å². The van der Waals surface area contributed by atoms with Crippen LogP contribution in [0.1, 0.15) is 24.2 Å². The lowest BCUT2D eigenvalue weighted by Gasteiger charge is -2.23. The summed E-state index contributed by atoms with van der Waals surface area (Å²) >= 11 is 6.11. The second-order valence-corrected chi connectivity index (χ2v) is 9.71. The van der Waals surface area contributed by atoms with Crippen molar-refractivity contribution in [1.82, 2.24) is 5.32 Å². The highest BCUT2D eigenvalue weighted by Gasteiger charge is 2.26. The Morgan fingerprint density at radius 3 is 2.42 bits per heavy atom. The molecule has 0 bridgehead atoms. The molecule has 33 heavy (non-hydrogen) atoms. The lowest BCUT2D eigenvalue weighted by Crippen LogP contribution is -2.32. The van der Waals surface area contributed by atoms with Gasteiger partial charge in [0.2, 0.25) is 0 Å². The van der Waals surface area contributed by atoms with Gasteiger partial charge < -0.3 is 14.8 Å². The minimum atomic E-state index is -4.08. The predicted molar refractivity (Wildman–Crippen MR) is 127 cm³/mol. The van der Waals surface area contributed by atoms with Crippen LogP contribution < -0.4 is 14.4 Å². The van der Waals surface area contributed by atoms with Gasteiger partial charge in [-0.25, -0.2) is 13.2 Å². The van der Waals surface area contributed by atoms with Crippen LogP contribution in [0.25, 0.3) is 0 Å². The topological polar surface area (TPSA) is 102 Å². The summed E-state index contributed by atoms with van der Waals surface area (Å²) < 4.78 is 38.0. The fraction of sp³-hybridized carbons (Fsp3) is 0.304. The Bertz CT molecular complexity index is 1100. The lowest BCUT2D eigenvalue weighted by atomic mass is 10.2. The van der Waals surface area contributed by atoms with Crippen LogP contribution in [0.4, 0.5) is 5.69 Å². The number of sulfonamides is 1. The normalized spacial score (nSPS) is 11.1. The van der Waals surface area contributed by atoms with Crippen molar-refractivity contribution in [2.24, 2.45) is 5.92 Å². The maximum absolute atomic E-state index is 13.4. The molecule has 0 heterocycles. The van der Waals surface area contributed by atoms with Gasteiger partial charge in [0.15, 0.2) is 6.61 Å². The van der Waals surface area contributed by atoms with E-state index in [1.807, 2.05) is 13.8 Å². The second kappa shape index (κ2) is 11.7. The number of anilines is 1. The Morgan fingerprint density at radius 2 is 1.85 bits per heavy atom. The first-order valence-corrected chi connectivity index (χ1v) is 11.9. The molecule has 2 aromatic carbocycles. The number of rotatable bonds is 11. The molecule has 0 aliphatic heterocycles. The number of carbonyl (C=O) groups is 2. The van der Waals surface area contributed by atoms with E-state index in [4.69, 9.17) is 21.1 Å². The molecule has 0 aliphatic rings. The first kappa shape index (κ1) is 26.2. The first-order chi connectivity index (χ1) is 15.6. The SMILES string of the molecule is C=CCN(c1ccc(OC)cc1)S(=O)(=O)c1ccc(Cl)c(C(=O)OCC(=O)NCC(C)C)c1. The van der Waals surface area contributed by atoms with E-state index in [-0.39, 0.29) is 27.9 Å². The third kappa shape index (κ3) is 6.97. The summed E-state index contributed by atoms with van der Waals surface area (Å²) in [7, 11) is -2.57. The van der Waals surface area contributed by atoms with Crippen molar-refractivity contribution >= 4 is 39.2 Å². The average molecular weight is 495 g/mol. The molecule has 0 unspecified atom stereocenters. The Kier molecular flexibility index (Phi) is 9.31. The molecule has 2 rings (SSSR count). The Balaban J connectivity index is 2.29. The second-order valence-electron chi connectivity index (χ2n) is 7.44. The third-order valence-electron chi connectivity index (χ3n) is 4.44. The molecule has 178 valence electrons. The van der Waals surface area contributed by atoms with Gasteiger partial charge in [-0.05, 0) is 48.4 Å². The molecule has 2 aromatic rings. The van der Waals surface area contributed by atoms with E-state index < -0.39 is 28.5 Å². The molecule has 0 radical (unpaired) electrons. The summed E-state index contributed by atoms with van der Waals surface area (Å²) in [5, 5.41) is 2.63. The standard InChI is InChI=1S/C23H27ClN2O6S/c1-5-12-26(17-6-8-18(31-4)9-7-17)33(29,30)19-10-11-21(24)20(13-19)23(28)32-15-22(27)25-14-16(2)3/h5-11,13,16H,1,12,14-15H2,2-4H3,(H,25,27). The zero-order valence-electron chi connectivity index (χ0n) is 18.7. The summed E-state index contributed by atoms with van der Waals surface area (Å²) in [6.07, 6.45) is 1.45. The van der Waals surface area contributed by atoms with Crippen LogP contribution in [-0.4, -0.2) is 47.1 Å². The fourth-order valence-corrected chi connectivity index (χ4v) is 4.39. The van der Waals surface area contributed by atoms with Gasteiger partial charge in [-0.3, -0.25) is 9.10 Å². The number of nitrogens with one attached hydrogen (secondary N) is 1. The van der Waals surface area contributed by atoms with Crippen molar-refractivity contribution in [2.75, 3.05) is 31.1 Å². The number of carbonyl (C=O) groups excluding carboxylic acids is 2. The van der Waals surface area contributed by atoms with Crippen LogP contribution in [0.2, 0.25) is 5.02 Å². The number of amides is 1. The highest BCUT2D eigenvalue weighted by Crippen LogP contribution is 2.28. The van der Waals surface area contributed by atoms with Crippen molar-refractivity contribution in [3.63, 3.8) is 0 Å². The van der Waals surface area contributed by atoms with Gasteiger partial charge >= 0.3 is 5.97 Å². The molecule has 0 spiro atoms. The fourth-order valence-electron chi connectivity index (χ4n) is 2.73. The molecule has 0 fully saturated rings. The minimum Gasteiger partial charge on any atom is -0.497 e. The molecular formula is C23H27ClN2O6S. The molecular weight excluding hydrogens is 468 g/mol. The Labute approximate surface area is 199 Å². The smallest absolute Gasteiger partial charge is 0.340 e. The largest absolute Gasteiger partial charge is 0.497 e. The third-order valence-corrected chi connectivity index (χ3v) is 6.56. The number of nitrogens with zero attached hydrogens (tertiary/aromatic N) is 1. The minimum absolute atomic E-state index is 0.00116. The van der Waals surface area contributed by atoms with Crippen LogP contribution in [0.3, 0.4) is 0 Å². The number of benzene rings is 2. The lowest BCUT2D eigenvalue weighted by molar-refractivity contribution is -0.124. The van der Waals surface area contributed by atoms with Gasteiger partial charge in [0, 0.05) is 6.54 Å². The molecule has 8 nitrogen and oxygen atoms in total. The Hall–Kier alpha value is -3.04. The zero-order valence-corrected chi connectivity index (χ0v) is 20.3. The number of methoxy groups -OCH3 is 1. The molecule has 1 N–H and O–H groups in total. The maximum Gasteiger partial charge on any atom is 0.340 e. The molecule has 0 saturated heterocycles. The van der Waals surface area contributed by atoms with E-state index in [0.717, 1.165) is 10.4 Å². The van der Waals surface area contributed by atoms with Crippen LogP contribution in [0.15, 0.2) is 60.0 Å². The van der Waals surface area contributed by atoms with Crippen LogP contribution in [-0.2, 0) is 19.6 Å². The van der Waals surface area contributed by atoms with Crippen LogP contribution >= 0.6 is 11.6 Å². The summed E-state index contributed by atoms with van der Waals surface area (Å²) in [4.78, 5) is 24.1. The zero-order chi connectivity index (χ0) is 24.6. The molecule has 1 amide bonds. The summed E-state index contributed by atoms with van der Waals surface area (Å²) in [5.74, 6) is -0.557. The quantitative estimate of drug-likeness (QED) is 0.378. The molecule has 0 aliphatic carbocycles. The average Bonchev–Trinajstić information content (AvgIpc) is 2.79. The van der Waals surface area contributed by atoms with Crippen molar-refractivity contribution in [1.29, 1.82) is 0 Å². The highest BCUT2D eigenvalue weighted by atomic mass is 35.5. The predicted octanol–water partition coefficient (Wildman–Crippen LogP) is 3.66. The maximum atomic E-state index is 13.4. The van der Waals surface area contributed by atoms with Gasteiger partial charge in [-0.2, -0.15) is 0 Å². The first-order valence-electron chi connectivity index (χ1n) is 10.1. The number of halogens is 1. The van der Waals surface area contributed by atoms with Gasteiger partial charge in [0.1, 0.15) is 5.75 Å². The van der Waals surface area contributed by atoms with E-state index in [9.17, 15) is 18.0 Å². The summed E-state index contributed by atoms with van der Waals surface area (Å²) in [5.41, 5.74) is 0.222. The van der Waals surface area contributed by atoms with Gasteiger partial charge in [0.25, 0.3) is 15.9 Å². The van der Waals surface area contributed by atoms with Crippen molar-refractivity contribution in [3.8, 4) is 5.75 Å². The monoisotopic (exact) mass is 494 g/mol. The number of hydrogen-bond donors (Lipinski definition) is 1.